The molecule has 0 saturated heterocycles. The maximum atomic E-state index is 5.17. The van der Waals surface area contributed by atoms with E-state index in [1.54, 1.807) is 0 Å². The highest BCUT2D eigenvalue weighted by molar-refractivity contribution is 5.98. The van der Waals surface area contributed by atoms with Crippen LogP contribution >= 0.6 is 0 Å². The van der Waals surface area contributed by atoms with Crippen LogP contribution in [-0.4, -0.2) is 16.1 Å². The molecule has 0 aromatic carbocycles. The first-order valence-corrected chi connectivity index (χ1v) is 3.42. The van der Waals surface area contributed by atoms with Gasteiger partial charge in [0.05, 0.1) is 5.60 Å². The van der Waals surface area contributed by atoms with Crippen LogP contribution < -0.4 is 0 Å². The molecule has 0 unspecified atom stereocenters. The zero-order chi connectivity index (χ0) is 6.62. The van der Waals surface area contributed by atoms with Crippen molar-refractivity contribution in [3.8, 4) is 12.3 Å². The van der Waals surface area contributed by atoms with Crippen LogP contribution in [0.25, 0.3) is 0 Å². The molecule has 2 heteroatoms. The standard InChI is InChI=1S/C6H12OSi/c1-4-5-6(2,3)7-8/h1H,5H2,2-3,8H3. The molecule has 0 bridgehead atoms. The molecule has 0 aromatic heterocycles. The summed E-state index contributed by atoms with van der Waals surface area (Å²) < 4.78 is 5.17. The van der Waals surface area contributed by atoms with Crippen molar-refractivity contribution in [2.45, 2.75) is 25.9 Å². The Labute approximate surface area is 54.0 Å². The van der Waals surface area contributed by atoms with Crippen molar-refractivity contribution in [2.24, 2.45) is 0 Å². The van der Waals surface area contributed by atoms with Crippen molar-refractivity contribution in [1.29, 1.82) is 0 Å². The predicted octanol–water partition coefficient (Wildman–Crippen LogP) is 0.0853. The van der Waals surface area contributed by atoms with Crippen molar-refractivity contribution in [3.63, 3.8) is 0 Å². The van der Waals surface area contributed by atoms with E-state index >= 15 is 0 Å². The van der Waals surface area contributed by atoms with Gasteiger partial charge in [0, 0.05) is 6.42 Å². The molecular weight excluding hydrogens is 116 g/mol. The minimum atomic E-state index is -0.0824. The Bertz CT molecular complexity index is 102. The Balaban J connectivity index is 3.58. The fraction of sp³-hybridized carbons (Fsp3) is 0.667. The average Bonchev–Trinajstić information content (AvgIpc) is 1.67. The molecule has 0 rings (SSSR count). The summed E-state index contributed by atoms with van der Waals surface area (Å²) in [5, 5.41) is 0. The van der Waals surface area contributed by atoms with Gasteiger partial charge in [-0.2, -0.15) is 0 Å². The second-order valence-corrected chi connectivity index (χ2v) is 2.75. The van der Waals surface area contributed by atoms with Crippen LogP contribution in [0, 0.1) is 12.3 Å². The fourth-order valence-electron chi connectivity index (χ4n) is 0.318. The highest BCUT2D eigenvalue weighted by atomic mass is 28.2. The summed E-state index contributed by atoms with van der Waals surface area (Å²) in [6, 6.07) is 0. The maximum absolute atomic E-state index is 5.17. The van der Waals surface area contributed by atoms with E-state index in [-0.39, 0.29) is 5.60 Å². The topological polar surface area (TPSA) is 9.23 Å². The minimum absolute atomic E-state index is 0.0824. The zero-order valence-electron chi connectivity index (χ0n) is 5.69. The highest BCUT2D eigenvalue weighted by Gasteiger charge is 2.12. The van der Waals surface area contributed by atoms with Gasteiger partial charge >= 0.3 is 0 Å². The van der Waals surface area contributed by atoms with E-state index in [0.29, 0.717) is 6.42 Å². The molecule has 8 heavy (non-hydrogen) atoms. The maximum Gasteiger partial charge on any atom is 0.146 e. The minimum Gasteiger partial charge on any atom is -0.422 e. The lowest BCUT2D eigenvalue weighted by molar-refractivity contribution is 0.130. The van der Waals surface area contributed by atoms with Crippen LogP contribution in [0.2, 0.25) is 0 Å². The predicted molar refractivity (Wildman–Crippen MR) is 38.6 cm³/mol. The van der Waals surface area contributed by atoms with Crippen LogP contribution in [-0.2, 0) is 4.43 Å². The summed E-state index contributed by atoms with van der Waals surface area (Å²) in [6.07, 6.45) is 5.78. The molecular formula is C6H12OSi. The van der Waals surface area contributed by atoms with Gasteiger partial charge in [0.2, 0.25) is 0 Å². The molecule has 0 aromatic rings. The molecule has 0 spiro atoms. The average molecular weight is 128 g/mol. The van der Waals surface area contributed by atoms with E-state index in [1.807, 2.05) is 13.8 Å². The molecule has 0 saturated carbocycles. The lowest BCUT2D eigenvalue weighted by Gasteiger charge is -2.19. The van der Waals surface area contributed by atoms with Crippen molar-refractivity contribution >= 4 is 10.5 Å². The number of terminal acetylenes is 1. The Morgan fingerprint density at radius 2 is 2.25 bits per heavy atom. The Hall–Kier alpha value is -0.263. The zero-order valence-corrected chi connectivity index (χ0v) is 7.69. The summed E-state index contributed by atoms with van der Waals surface area (Å²) in [6.45, 7) is 4.00. The molecule has 46 valence electrons. The highest BCUT2D eigenvalue weighted by Crippen LogP contribution is 2.09. The van der Waals surface area contributed by atoms with Crippen LogP contribution in [0.1, 0.15) is 20.3 Å². The lowest BCUT2D eigenvalue weighted by atomic mass is 10.1. The molecule has 0 aliphatic rings. The van der Waals surface area contributed by atoms with Crippen LogP contribution in [0.3, 0.4) is 0 Å². The van der Waals surface area contributed by atoms with Gasteiger partial charge in [-0.3, -0.25) is 0 Å². The smallest absolute Gasteiger partial charge is 0.146 e. The Morgan fingerprint density at radius 3 is 2.38 bits per heavy atom. The summed E-state index contributed by atoms with van der Waals surface area (Å²) in [5.74, 6) is 2.56. The monoisotopic (exact) mass is 128 g/mol. The molecule has 0 amide bonds. The van der Waals surface area contributed by atoms with Gasteiger partial charge in [0.15, 0.2) is 0 Å². The second kappa shape index (κ2) is 2.90. The third kappa shape index (κ3) is 2.84. The van der Waals surface area contributed by atoms with Gasteiger partial charge in [-0.05, 0) is 13.8 Å². The van der Waals surface area contributed by atoms with Crippen LogP contribution in [0.4, 0.5) is 0 Å². The van der Waals surface area contributed by atoms with Crippen molar-refractivity contribution in [1.82, 2.24) is 0 Å². The molecule has 0 atom stereocenters. The van der Waals surface area contributed by atoms with Gasteiger partial charge in [-0.25, -0.2) is 0 Å². The molecule has 0 N–H and O–H groups in total. The van der Waals surface area contributed by atoms with Crippen molar-refractivity contribution < 1.29 is 4.43 Å². The first-order chi connectivity index (χ1) is 3.62. The Morgan fingerprint density at radius 1 is 1.75 bits per heavy atom. The first-order valence-electron chi connectivity index (χ1n) is 2.61. The van der Waals surface area contributed by atoms with E-state index in [4.69, 9.17) is 10.8 Å². The third-order valence-electron chi connectivity index (χ3n) is 1.08. The molecule has 0 radical (unpaired) electrons. The van der Waals surface area contributed by atoms with Gasteiger partial charge < -0.3 is 4.43 Å². The van der Waals surface area contributed by atoms with E-state index in [0.717, 1.165) is 10.5 Å². The van der Waals surface area contributed by atoms with Crippen LogP contribution in [0.5, 0.6) is 0 Å². The summed E-state index contributed by atoms with van der Waals surface area (Å²) in [7, 11) is 0.766. The van der Waals surface area contributed by atoms with E-state index in [1.165, 1.54) is 0 Å². The van der Waals surface area contributed by atoms with Crippen molar-refractivity contribution in [2.75, 3.05) is 0 Å². The number of rotatable bonds is 2. The SMILES string of the molecule is C#CCC(C)(C)O[SiH3]. The van der Waals surface area contributed by atoms with Gasteiger partial charge in [0.1, 0.15) is 10.5 Å². The van der Waals surface area contributed by atoms with E-state index in [9.17, 15) is 0 Å². The molecule has 0 heterocycles. The van der Waals surface area contributed by atoms with Gasteiger partial charge in [-0.1, -0.05) is 0 Å². The first kappa shape index (κ1) is 7.74. The fourth-order valence-corrected chi connectivity index (χ4v) is 0.462. The largest absolute Gasteiger partial charge is 0.422 e. The molecule has 0 aliphatic carbocycles. The Kier molecular flexibility index (Phi) is 2.81. The normalized spacial score (nSPS) is 11.1. The van der Waals surface area contributed by atoms with Crippen LogP contribution in [0.15, 0.2) is 0 Å². The van der Waals surface area contributed by atoms with E-state index < -0.39 is 0 Å². The molecule has 1 nitrogen and oxygen atoms in total. The van der Waals surface area contributed by atoms with Gasteiger partial charge in [-0.15, -0.1) is 12.3 Å². The molecule has 0 aliphatic heterocycles. The second-order valence-electron chi connectivity index (χ2n) is 2.34. The summed E-state index contributed by atoms with van der Waals surface area (Å²) in [5.41, 5.74) is -0.0824. The van der Waals surface area contributed by atoms with Crippen molar-refractivity contribution in [3.05, 3.63) is 0 Å². The number of hydrogen-bond donors (Lipinski definition) is 0. The summed E-state index contributed by atoms with van der Waals surface area (Å²) in [4.78, 5) is 0. The quantitative estimate of drug-likeness (QED) is 0.378. The summed E-state index contributed by atoms with van der Waals surface area (Å²) >= 11 is 0. The molecule has 0 fully saturated rings. The number of hydrogen-bond acceptors (Lipinski definition) is 1. The van der Waals surface area contributed by atoms with E-state index in [2.05, 4.69) is 5.92 Å². The van der Waals surface area contributed by atoms with Gasteiger partial charge in [0.25, 0.3) is 0 Å². The lowest BCUT2D eigenvalue weighted by Crippen LogP contribution is -2.21. The third-order valence-corrected chi connectivity index (χ3v) is 2.19.